The van der Waals surface area contributed by atoms with Gasteiger partial charge in [-0.25, -0.2) is 0 Å². The topological polar surface area (TPSA) is 15.3 Å². The molecule has 0 amide bonds. The SMILES string of the molecule is CNC1c2ccccc2CCC1N(C)C1CCCCC1. The van der Waals surface area contributed by atoms with E-state index in [9.17, 15) is 0 Å². The van der Waals surface area contributed by atoms with E-state index in [1.165, 1.54) is 50.5 Å². The highest BCUT2D eigenvalue weighted by molar-refractivity contribution is 5.34. The number of nitrogens with zero attached hydrogens (tertiary/aromatic N) is 1. The number of fused-ring (bicyclic) bond motifs is 1. The molecule has 2 nitrogen and oxygen atoms in total. The smallest absolute Gasteiger partial charge is 0.0478 e. The van der Waals surface area contributed by atoms with E-state index in [0.29, 0.717) is 12.1 Å². The zero-order valence-corrected chi connectivity index (χ0v) is 12.9. The van der Waals surface area contributed by atoms with Gasteiger partial charge in [0.25, 0.3) is 0 Å². The van der Waals surface area contributed by atoms with Gasteiger partial charge >= 0.3 is 0 Å². The molecular formula is C18H28N2. The normalized spacial score (nSPS) is 27.6. The van der Waals surface area contributed by atoms with Crippen LogP contribution in [-0.4, -0.2) is 31.1 Å². The Morgan fingerprint density at radius 3 is 2.55 bits per heavy atom. The second kappa shape index (κ2) is 6.28. The molecule has 0 heterocycles. The number of hydrogen-bond donors (Lipinski definition) is 1. The number of benzene rings is 1. The minimum atomic E-state index is 0.492. The highest BCUT2D eigenvalue weighted by atomic mass is 15.2. The number of rotatable bonds is 3. The lowest BCUT2D eigenvalue weighted by Gasteiger charge is -2.43. The molecule has 2 aliphatic rings. The molecule has 1 N–H and O–H groups in total. The second-order valence-electron chi connectivity index (χ2n) is 6.53. The minimum Gasteiger partial charge on any atom is -0.312 e. The molecule has 2 atom stereocenters. The third kappa shape index (κ3) is 2.64. The highest BCUT2D eigenvalue weighted by Gasteiger charge is 2.34. The molecule has 2 aliphatic carbocycles. The molecular weight excluding hydrogens is 244 g/mol. The van der Waals surface area contributed by atoms with Crippen LogP contribution in [0.25, 0.3) is 0 Å². The maximum absolute atomic E-state index is 3.59. The average molecular weight is 272 g/mol. The van der Waals surface area contributed by atoms with E-state index in [-0.39, 0.29) is 0 Å². The van der Waals surface area contributed by atoms with Gasteiger partial charge in [0.15, 0.2) is 0 Å². The van der Waals surface area contributed by atoms with Crippen LogP contribution in [0.5, 0.6) is 0 Å². The van der Waals surface area contributed by atoms with Gasteiger partial charge in [-0.2, -0.15) is 0 Å². The summed E-state index contributed by atoms with van der Waals surface area (Å²) in [5.41, 5.74) is 3.06. The molecule has 0 spiro atoms. The van der Waals surface area contributed by atoms with Gasteiger partial charge in [-0.1, -0.05) is 43.5 Å². The van der Waals surface area contributed by atoms with Crippen LogP contribution in [0.2, 0.25) is 0 Å². The Labute approximate surface area is 123 Å². The van der Waals surface area contributed by atoms with Gasteiger partial charge in [-0.3, -0.25) is 4.90 Å². The van der Waals surface area contributed by atoms with Crippen molar-refractivity contribution in [3.05, 3.63) is 35.4 Å². The summed E-state index contributed by atoms with van der Waals surface area (Å²) < 4.78 is 0. The van der Waals surface area contributed by atoms with Crippen molar-refractivity contribution >= 4 is 0 Å². The van der Waals surface area contributed by atoms with Crippen LogP contribution >= 0.6 is 0 Å². The van der Waals surface area contributed by atoms with E-state index in [1.54, 1.807) is 5.56 Å². The van der Waals surface area contributed by atoms with E-state index in [4.69, 9.17) is 0 Å². The van der Waals surface area contributed by atoms with Crippen molar-refractivity contribution in [1.29, 1.82) is 0 Å². The quantitative estimate of drug-likeness (QED) is 0.905. The molecule has 2 heteroatoms. The Hall–Kier alpha value is -0.860. The molecule has 2 unspecified atom stereocenters. The number of hydrogen-bond acceptors (Lipinski definition) is 2. The van der Waals surface area contributed by atoms with Gasteiger partial charge in [-0.05, 0) is 50.9 Å². The monoisotopic (exact) mass is 272 g/mol. The summed E-state index contributed by atoms with van der Waals surface area (Å²) in [4.78, 5) is 2.69. The van der Waals surface area contributed by atoms with E-state index in [0.717, 1.165) is 6.04 Å². The zero-order valence-electron chi connectivity index (χ0n) is 12.9. The summed E-state index contributed by atoms with van der Waals surface area (Å²) in [6.45, 7) is 0. The fraction of sp³-hybridized carbons (Fsp3) is 0.667. The molecule has 0 aromatic heterocycles. The predicted octanol–water partition coefficient (Wildman–Crippen LogP) is 3.53. The first-order valence-corrected chi connectivity index (χ1v) is 8.28. The molecule has 0 radical (unpaired) electrons. The molecule has 1 aromatic carbocycles. The van der Waals surface area contributed by atoms with Crippen molar-refractivity contribution in [3.8, 4) is 0 Å². The second-order valence-corrected chi connectivity index (χ2v) is 6.53. The van der Waals surface area contributed by atoms with Crippen molar-refractivity contribution in [2.24, 2.45) is 0 Å². The first-order valence-electron chi connectivity index (χ1n) is 8.28. The van der Waals surface area contributed by atoms with Gasteiger partial charge in [0.05, 0.1) is 0 Å². The highest BCUT2D eigenvalue weighted by Crippen LogP contribution is 2.35. The van der Waals surface area contributed by atoms with Gasteiger partial charge in [0, 0.05) is 18.1 Å². The van der Waals surface area contributed by atoms with Crippen LogP contribution in [0.1, 0.15) is 55.7 Å². The Morgan fingerprint density at radius 1 is 1.05 bits per heavy atom. The molecule has 0 bridgehead atoms. The van der Waals surface area contributed by atoms with Crippen LogP contribution in [-0.2, 0) is 6.42 Å². The van der Waals surface area contributed by atoms with Gasteiger partial charge in [0.2, 0.25) is 0 Å². The van der Waals surface area contributed by atoms with Crippen LogP contribution < -0.4 is 5.32 Å². The lowest BCUT2D eigenvalue weighted by molar-refractivity contribution is 0.101. The fourth-order valence-corrected chi connectivity index (χ4v) is 4.29. The van der Waals surface area contributed by atoms with Crippen molar-refractivity contribution in [3.63, 3.8) is 0 Å². The fourth-order valence-electron chi connectivity index (χ4n) is 4.29. The Bertz CT molecular complexity index is 437. The lowest BCUT2D eigenvalue weighted by Crippen LogP contribution is -2.49. The Kier molecular flexibility index (Phi) is 4.42. The summed E-state index contributed by atoms with van der Waals surface area (Å²) in [5, 5.41) is 3.59. The number of nitrogens with one attached hydrogen (secondary N) is 1. The van der Waals surface area contributed by atoms with Crippen LogP contribution in [0.4, 0.5) is 0 Å². The minimum absolute atomic E-state index is 0.492. The maximum Gasteiger partial charge on any atom is 0.0478 e. The van der Waals surface area contributed by atoms with Gasteiger partial charge < -0.3 is 5.32 Å². The van der Waals surface area contributed by atoms with Crippen LogP contribution in [0.3, 0.4) is 0 Å². The van der Waals surface area contributed by atoms with Crippen LogP contribution in [0, 0.1) is 0 Å². The van der Waals surface area contributed by atoms with E-state index >= 15 is 0 Å². The summed E-state index contributed by atoms with van der Waals surface area (Å²) in [5.74, 6) is 0. The standard InChI is InChI=1S/C18H28N2/c1-19-18-16-11-7-6-8-14(16)12-13-17(18)20(2)15-9-4-3-5-10-15/h6-8,11,15,17-19H,3-5,9-10,12-13H2,1-2H3. The molecule has 1 fully saturated rings. The molecule has 1 aromatic rings. The summed E-state index contributed by atoms with van der Waals surface area (Å²) >= 11 is 0. The third-order valence-electron chi connectivity index (χ3n) is 5.47. The van der Waals surface area contributed by atoms with Crippen molar-refractivity contribution in [2.45, 2.75) is 63.1 Å². The Balaban J connectivity index is 1.79. The molecule has 3 rings (SSSR count). The van der Waals surface area contributed by atoms with Crippen molar-refractivity contribution < 1.29 is 0 Å². The zero-order chi connectivity index (χ0) is 13.9. The van der Waals surface area contributed by atoms with E-state index < -0.39 is 0 Å². The van der Waals surface area contributed by atoms with Crippen molar-refractivity contribution in [2.75, 3.05) is 14.1 Å². The summed E-state index contributed by atoms with van der Waals surface area (Å²) in [6, 6.07) is 10.9. The molecule has 110 valence electrons. The molecule has 0 saturated heterocycles. The van der Waals surface area contributed by atoms with E-state index in [1.807, 2.05) is 0 Å². The maximum atomic E-state index is 3.59. The van der Waals surface area contributed by atoms with Crippen molar-refractivity contribution in [1.82, 2.24) is 10.2 Å². The largest absolute Gasteiger partial charge is 0.312 e. The molecule has 0 aliphatic heterocycles. The first-order chi connectivity index (χ1) is 9.81. The Morgan fingerprint density at radius 2 is 1.80 bits per heavy atom. The van der Waals surface area contributed by atoms with Gasteiger partial charge in [0.1, 0.15) is 0 Å². The number of aryl methyl sites for hydroxylation is 1. The summed E-state index contributed by atoms with van der Waals surface area (Å²) in [6.07, 6.45) is 9.58. The molecule has 20 heavy (non-hydrogen) atoms. The summed E-state index contributed by atoms with van der Waals surface area (Å²) in [7, 11) is 4.48. The average Bonchev–Trinajstić information content (AvgIpc) is 2.54. The third-order valence-corrected chi connectivity index (χ3v) is 5.47. The lowest BCUT2D eigenvalue weighted by atomic mass is 9.82. The van der Waals surface area contributed by atoms with Gasteiger partial charge in [-0.15, -0.1) is 0 Å². The van der Waals surface area contributed by atoms with Crippen LogP contribution in [0.15, 0.2) is 24.3 Å². The first kappa shape index (κ1) is 14.1. The predicted molar refractivity (Wildman–Crippen MR) is 85.0 cm³/mol. The number of likely N-dealkylation sites (N-methyl/N-ethyl adjacent to an activating group) is 2. The molecule has 1 saturated carbocycles. The van der Waals surface area contributed by atoms with E-state index in [2.05, 4.69) is 48.6 Å².